The second-order valence-electron chi connectivity index (χ2n) is 8.23. The van der Waals surface area contributed by atoms with Crippen molar-refractivity contribution in [2.75, 3.05) is 19.6 Å². The van der Waals surface area contributed by atoms with E-state index in [-0.39, 0.29) is 23.1 Å². The number of piperidine rings is 1. The van der Waals surface area contributed by atoms with Crippen LogP contribution in [0.4, 0.5) is 0 Å². The van der Waals surface area contributed by atoms with Crippen LogP contribution in [0.25, 0.3) is 0 Å². The molecule has 1 N–H and O–H groups in total. The van der Waals surface area contributed by atoms with E-state index in [1.165, 1.54) is 0 Å². The van der Waals surface area contributed by atoms with Gasteiger partial charge in [0.1, 0.15) is 0 Å². The van der Waals surface area contributed by atoms with Crippen molar-refractivity contribution >= 4 is 23.4 Å². The van der Waals surface area contributed by atoms with E-state index >= 15 is 0 Å². The summed E-state index contributed by atoms with van der Waals surface area (Å²) in [7, 11) is 0. The van der Waals surface area contributed by atoms with Gasteiger partial charge in [0.2, 0.25) is 11.8 Å². The van der Waals surface area contributed by atoms with Gasteiger partial charge >= 0.3 is 0 Å². The number of carbonyl (C=O) groups excluding carboxylic acids is 2. The second kappa shape index (κ2) is 7.67. The Bertz CT molecular complexity index is 731. The van der Waals surface area contributed by atoms with Crippen LogP contribution in [0, 0.1) is 11.8 Å². The van der Waals surface area contributed by atoms with Gasteiger partial charge in [0.15, 0.2) is 0 Å². The van der Waals surface area contributed by atoms with E-state index in [0.717, 1.165) is 57.2 Å². The molecule has 4 nitrogen and oxygen atoms in total. The molecule has 0 spiro atoms. The summed E-state index contributed by atoms with van der Waals surface area (Å²) in [5.74, 6) is 0.893. The molecule has 1 saturated heterocycles. The minimum Gasteiger partial charge on any atom is -0.355 e. The fourth-order valence-corrected chi connectivity index (χ4v) is 4.58. The summed E-state index contributed by atoms with van der Waals surface area (Å²) in [5, 5.41) is 3.87. The van der Waals surface area contributed by atoms with Crippen LogP contribution in [0.3, 0.4) is 0 Å². The summed E-state index contributed by atoms with van der Waals surface area (Å²) >= 11 is 5.97. The van der Waals surface area contributed by atoms with E-state index in [9.17, 15) is 9.59 Å². The zero-order chi connectivity index (χ0) is 18.9. The third-order valence-electron chi connectivity index (χ3n) is 6.32. The zero-order valence-corrected chi connectivity index (χ0v) is 16.4. The lowest BCUT2D eigenvalue weighted by Gasteiger charge is -2.34. The predicted molar refractivity (Wildman–Crippen MR) is 107 cm³/mol. The van der Waals surface area contributed by atoms with Crippen LogP contribution in [-0.4, -0.2) is 36.3 Å². The Kier molecular flexibility index (Phi) is 5.27. The normalized spacial score (nSPS) is 24.0. The molecule has 5 heteroatoms. The maximum atomic E-state index is 12.8. The van der Waals surface area contributed by atoms with Gasteiger partial charge in [0.05, 0.1) is 5.41 Å². The molecule has 1 unspecified atom stereocenters. The first-order valence-electron chi connectivity index (χ1n) is 10.1. The molecule has 1 aromatic carbocycles. The lowest BCUT2D eigenvalue weighted by Crippen LogP contribution is -2.46. The number of likely N-dealkylation sites (tertiary alicyclic amines) is 1. The van der Waals surface area contributed by atoms with E-state index in [1.807, 2.05) is 29.2 Å². The quantitative estimate of drug-likeness (QED) is 0.784. The molecule has 1 aliphatic heterocycles. The summed E-state index contributed by atoms with van der Waals surface area (Å²) in [4.78, 5) is 27.5. The Morgan fingerprint density at radius 1 is 1.15 bits per heavy atom. The van der Waals surface area contributed by atoms with Crippen molar-refractivity contribution in [3.63, 3.8) is 0 Å². The van der Waals surface area contributed by atoms with Crippen molar-refractivity contribution in [2.45, 2.75) is 43.9 Å². The smallest absolute Gasteiger partial charge is 0.230 e. The summed E-state index contributed by atoms with van der Waals surface area (Å²) in [6.07, 6.45) is 9.84. The van der Waals surface area contributed by atoms with E-state index < -0.39 is 0 Å². The molecule has 1 atom stereocenters. The van der Waals surface area contributed by atoms with Gasteiger partial charge in [-0.25, -0.2) is 0 Å². The van der Waals surface area contributed by atoms with Crippen LogP contribution < -0.4 is 5.32 Å². The maximum Gasteiger partial charge on any atom is 0.230 e. The third-order valence-corrected chi connectivity index (χ3v) is 6.57. The third kappa shape index (κ3) is 3.91. The monoisotopic (exact) mass is 386 g/mol. The first-order chi connectivity index (χ1) is 13.1. The Morgan fingerprint density at radius 2 is 1.85 bits per heavy atom. The SMILES string of the molecule is O=C(C1CC=CC1)N1CCCC(CNC(=O)C2(c3ccc(Cl)cc3)CC2)C1. The summed E-state index contributed by atoms with van der Waals surface area (Å²) in [5.41, 5.74) is 0.683. The highest BCUT2D eigenvalue weighted by molar-refractivity contribution is 6.30. The Balaban J connectivity index is 1.31. The highest BCUT2D eigenvalue weighted by Gasteiger charge is 2.51. The molecule has 0 radical (unpaired) electrons. The molecule has 27 heavy (non-hydrogen) atoms. The van der Waals surface area contributed by atoms with Crippen molar-refractivity contribution in [3.05, 3.63) is 47.0 Å². The molecule has 2 amide bonds. The molecule has 144 valence electrons. The topological polar surface area (TPSA) is 49.4 Å². The van der Waals surface area contributed by atoms with Crippen LogP contribution in [0.2, 0.25) is 5.02 Å². The number of hydrogen-bond donors (Lipinski definition) is 1. The highest BCUT2D eigenvalue weighted by Crippen LogP contribution is 2.48. The Hall–Kier alpha value is -1.81. The first kappa shape index (κ1) is 18.5. The second-order valence-corrected chi connectivity index (χ2v) is 8.67. The fourth-order valence-electron chi connectivity index (χ4n) is 4.46. The lowest BCUT2D eigenvalue weighted by atomic mass is 9.93. The number of carbonyl (C=O) groups is 2. The number of amides is 2. The minimum atomic E-state index is -0.371. The predicted octanol–water partition coefficient (Wildman–Crippen LogP) is 3.69. The van der Waals surface area contributed by atoms with Crippen molar-refractivity contribution in [1.29, 1.82) is 0 Å². The van der Waals surface area contributed by atoms with Crippen LogP contribution >= 0.6 is 11.6 Å². The van der Waals surface area contributed by atoms with Gasteiger partial charge in [-0.2, -0.15) is 0 Å². The number of allylic oxidation sites excluding steroid dienone is 2. The van der Waals surface area contributed by atoms with Crippen molar-refractivity contribution in [3.8, 4) is 0 Å². The van der Waals surface area contributed by atoms with Crippen molar-refractivity contribution in [1.82, 2.24) is 10.2 Å². The molecule has 1 aromatic rings. The van der Waals surface area contributed by atoms with E-state index in [0.29, 0.717) is 17.5 Å². The molecule has 1 heterocycles. The summed E-state index contributed by atoms with van der Waals surface area (Å²) in [6.45, 7) is 2.28. The average Bonchev–Trinajstić information content (AvgIpc) is 3.32. The Labute approximate surface area is 165 Å². The molecule has 0 bridgehead atoms. The van der Waals surface area contributed by atoms with E-state index in [4.69, 9.17) is 11.6 Å². The number of rotatable bonds is 5. The molecule has 2 fully saturated rings. The lowest BCUT2D eigenvalue weighted by molar-refractivity contribution is -0.137. The van der Waals surface area contributed by atoms with Gasteiger partial charge in [-0.15, -0.1) is 0 Å². The number of hydrogen-bond acceptors (Lipinski definition) is 2. The minimum absolute atomic E-state index is 0.119. The van der Waals surface area contributed by atoms with Gasteiger partial charge in [-0.3, -0.25) is 9.59 Å². The summed E-state index contributed by atoms with van der Waals surface area (Å²) in [6, 6.07) is 7.64. The van der Waals surface area contributed by atoms with Crippen LogP contribution in [-0.2, 0) is 15.0 Å². The zero-order valence-electron chi connectivity index (χ0n) is 15.6. The number of nitrogens with one attached hydrogen (secondary N) is 1. The molecule has 4 rings (SSSR count). The van der Waals surface area contributed by atoms with Gasteiger partial charge in [-0.1, -0.05) is 35.9 Å². The van der Waals surface area contributed by atoms with Gasteiger partial charge in [0.25, 0.3) is 0 Å². The number of nitrogens with zero attached hydrogens (tertiary/aromatic N) is 1. The van der Waals surface area contributed by atoms with Crippen molar-refractivity contribution in [2.24, 2.45) is 11.8 Å². The van der Waals surface area contributed by atoms with Gasteiger partial charge in [0, 0.05) is 30.6 Å². The number of benzene rings is 1. The molecule has 2 aliphatic carbocycles. The highest BCUT2D eigenvalue weighted by atomic mass is 35.5. The Morgan fingerprint density at radius 3 is 2.52 bits per heavy atom. The van der Waals surface area contributed by atoms with E-state index in [1.54, 1.807) is 0 Å². The largest absolute Gasteiger partial charge is 0.355 e. The van der Waals surface area contributed by atoms with Gasteiger partial charge < -0.3 is 10.2 Å². The molecular weight excluding hydrogens is 360 g/mol. The van der Waals surface area contributed by atoms with Crippen LogP contribution in [0.5, 0.6) is 0 Å². The van der Waals surface area contributed by atoms with E-state index in [2.05, 4.69) is 17.5 Å². The molecule has 1 saturated carbocycles. The molecular formula is C22H27ClN2O2. The van der Waals surface area contributed by atoms with Crippen molar-refractivity contribution < 1.29 is 9.59 Å². The molecule has 3 aliphatic rings. The van der Waals surface area contributed by atoms with Crippen LogP contribution in [0.15, 0.2) is 36.4 Å². The standard InChI is InChI=1S/C22H27ClN2O2/c23-19-9-7-18(8-10-19)22(11-12-22)21(27)24-14-16-4-3-13-25(15-16)20(26)17-5-1-2-6-17/h1-2,7-10,16-17H,3-6,11-15H2,(H,24,27). The van der Waals surface area contributed by atoms with Gasteiger partial charge in [-0.05, 0) is 62.1 Å². The number of halogens is 1. The average molecular weight is 387 g/mol. The molecule has 0 aromatic heterocycles. The van der Waals surface area contributed by atoms with Crippen LogP contribution in [0.1, 0.15) is 44.1 Å². The maximum absolute atomic E-state index is 12.8. The summed E-state index contributed by atoms with van der Waals surface area (Å²) < 4.78 is 0. The fraction of sp³-hybridized carbons (Fsp3) is 0.545. The first-order valence-corrected chi connectivity index (χ1v) is 10.4.